The van der Waals surface area contributed by atoms with Gasteiger partial charge in [-0.15, -0.1) is 0 Å². The van der Waals surface area contributed by atoms with E-state index in [4.69, 9.17) is 4.42 Å². The van der Waals surface area contributed by atoms with Gasteiger partial charge in [0.05, 0.1) is 0 Å². The highest BCUT2D eigenvalue weighted by molar-refractivity contribution is 5.96. The van der Waals surface area contributed by atoms with Gasteiger partial charge in [-0.25, -0.2) is 0 Å². The minimum absolute atomic E-state index is 0.0134. The fraction of sp³-hybridized carbons (Fsp3) is 0.333. The molecule has 104 valence electrons. The molecule has 2 amide bonds. The molecular weight excluding hydrogens is 256 g/mol. The molecule has 0 radical (unpaired) electrons. The second-order valence-electron chi connectivity index (χ2n) is 5.04. The Bertz CT molecular complexity index is 675. The number of rotatable bonds is 1. The Morgan fingerprint density at radius 1 is 1.30 bits per heavy atom. The number of furan rings is 1. The number of aryl methyl sites for hydroxylation is 1. The van der Waals surface area contributed by atoms with Crippen LogP contribution in [-0.2, 0) is 4.79 Å². The second-order valence-corrected chi connectivity index (χ2v) is 5.04. The molecule has 0 aliphatic carbocycles. The second kappa shape index (κ2) is 5.00. The first-order valence-electron chi connectivity index (χ1n) is 6.70. The molecule has 1 aliphatic heterocycles. The number of fused-ring (bicyclic) bond motifs is 1. The third kappa shape index (κ3) is 2.39. The van der Waals surface area contributed by atoms with Gasteiger partial charge in [0, 0.05) is 31.4 Å². The Morgan fingerprint density at radius 2 is 2.15 bits per heavy atom. The molecule has 1 saturated heterocycles. The molecule has 0 saturated carbocycles. The fourth-order valence-corrected chi connectivity index (χ4v) is 2.39. The third-order valence-corrected chi connectivity index (χ3v) is 3.48. The summed E-state index contributed by atoms with van der Waals surface area (Å²) in [6, 6.07) is 7.58. The highest BCUT2D eigenvalue weighted by atomic mass is 16.3. The summed E-state index contributed by atoms with van der Waals surface area (Å²) >= 11 is 0. The van der Waals surface area contributed by atoms with Gasteiger partial charge in [-0.2, -0.15) is 0 Å². The SMILES string of the molecule is Cc1ccc2oc(C(=O)N3CCNC(=O)CC3)cc2c1. The molecule has 0 bridgehead atoms. The van der Waals surface area contributed by atoms with Crippen LogP contribution in [0.15, 0.2) is 28.7 Å². The predicted molar refractivity (Wildman–Crippen MR) is 74.5 cm³/mol. The molecule has 0 spiro atoms. The number of amides is 2. The van der Waals surface area contributed by atoms with Crippen LogP contribution in [0.25, 0.3) is 11.0 Å². The van der Waals surface area contributed by atoms with Crippen molar-refractivity contribution >= 4 is 22.8 Å². The summed E-state index contributed by atoms with van der Waals surface area (Å²) in [6.07, 6.45) is 0.338. The summed E-state index contributed by atoms with van der Waals surface area (Å²) in [5, 5.41) is 3.68. The van der Waals surface area contributed by atoms with Crippen molar-refractivity contribution in [2.45, 2.75) is 13.3 Å². The van der Waals surface area contributed by atoms with Crippen LogP contribution in [0.2, 0.25) is 0 Å². The maximum absolute atomic E-state index is 12.4. The summed E-state index contributed by atoms with van der Waals surface area (Å²) < 4.78 is 5.61. The number of nitrogens with one attached hydrogen (secondary N) is 1. The van der Waals surface area contributed by atoms with E-state index in [0.717, 1.165) is 10.9 Å². The van der Waals surface area contributed by atoms with E-state index in [9.17, 15) is 9.59 Å². The number of benzene rings is 1. The van der Waals surface area contributed by atoms with Crippen molar-refractivity contribution in [2.75, 3.05) is 19.6 Å². The van der Waals surface area contributed by atoms with Crippen molar-refractivity contribution in [3.8, 4) is 0 Å². The highest BCUT2D eigenvalue weighted by Crippen LogP contribution is 2.21. The maximum atomic E-state index is 12.4. The number of hydrogen-bond acceptors (Lipinski definition) is 3. The van der Waals surface area contributed by atoms with E-state index >= 15 is 0 Å². The lowest BCUT2D eigenvalue weighted by Crippen LogP contribution is -2.33. The first kappa shape index (κ1) is 12.7. The zero-order chi connectivity index (χ0) is 14.1. The van der Waals surface area contributed by atoms with Gasteiger partial charge in [0.2, 0.25) is 5.91 Å². The zero-order valence-corrected chi connectivity index (χ0v) is 11.3. The van der Waals surface area contributed by atoms with Gasteiger partial charge in [0.15, 0.2) is 5.76 Å². The Balaban J connectivity index is 1.86. The highest BCUT2D eigenvalue weighted by Gasteiger charge is 2.22. The quantitative estimate of drug-likeness (QED) is 0.859. The van der Waals surface area contributed by atoms with Gasteiger partial charge in [-0.1, -0.05) is 11.6 Å². The van der Waals surface area contributed by atoms with Crippen LogP contribution >= 0.6 is 0 Å². The predicted octanol–water partition coefficient (Wildman–Crippen LogP) is 1.70. The molecule has 1 aromatic heterocycles. The molecular formula is C15H16N2O3. The average Bonchev–Trinajstić information content (AvgIpc) is 2.72. The molecule has 5 nitrogen and oxygen atoms in total. The van der Waals surface area contributed by atoms with Crippen LogP contribution in [0.5, 0.6) is 0 Å². The lowest BCUT2D eigenvalue weighted by atomic mass is 10.2. The van der Waals surface area contributed by atoms with Crippen molar-refractivity contribution < 1.29 is 14.0 Å². The normalized spacial score (nSPS) is 16.1. The molecule has 3 rings (SSSR count). The molecule has 1 aliphatic rings. The molecule has 1 N–H and O–H groups in total. The summed E-state index contributed by atoms with van der Waals surface area (Å²) in [5.74, 6) is 0.163. The van der Waals surface area contributed by atoms with Crippen molar-refractivity contribution in [2.24, 2.45) is 0 Å². The number of hydrogen-bond donors (Lipinski definition) is 1. The van der Waals surface area contributed by atoms with Crippen LogP contribution in [0, 0.1) is 6.92 Å². The van der Waals surface area contributed by atoms with E-state index < -0.39 is 0 Å². The van der Waals surface area contributed by atoms with E-state index in [-0.39, 0.29) is 11.8 Å². The Hall–Kier alpha value is -2.30. The summed E-state index contributed by atoms with van der Waals surface area (Å²) in [4.78, 5) is 25.4. The van der Waals surface area contributed by atoms with E-state index in [0.29, 0.717) is 37.4 Å². The third-order valence-electron chi connectivity index (χ3n) is 3.48. The van der Waals surface area contributed by atoms with Crippen LogP contribution < -0.4 is 5.32 Å². The Morgan fingerprint density at radius 3 is 3.00 bits per heavy atom. The molecule has 1 aromatic carbocycles. The molecule has 5 heteroatoms. The minimum atomic E-state index is -0.157. The minimum Gasteiger partial charge on any atom is -0.451 e. The fourth-order valence-electron chi connectivity index (χ4n) is 2.39. The first-order chi connectivity index (χ1) is 9.63. The van der Waals surface area contributed by atoms with E-state index in [1.54, 1.807) is 11.0 Å². The van der Waals surface area contributed by atoms with Crippen LogP contribution in [0.1, 0.15) is 22.5 Å². The van der Waals surface area contributed by atoms with E-state index in [1.807, 2.05) is 25.1 Å². The number of carbonyl (C=O) groups is 2. The lowest BCUT2D eigenvalue weighted by Gasteiger charge is -2.17. The number of nitrogens with zero attached hydrogens (tertiary/aromatic N) is 1. The molecule has 2 heterocycles. The van der Waals surface area contributed by atoms with Gasteiger partial charge in [0.1, 0.15) is 5.58 Å². The van der Waals surface area contributed by atoms with Crippen LogP contribution in [0.4, 0.5) is 0 Å². The molecule has 2 aromatic rings. The van der Waals surface area contributed by atoms with Crippen molar-refractivity contribution in [1.82, 2.24) is 10.2 Å². The maximum Gasteiger partial charge on any atom is 0.289 e. The smallest absolute Gasteiger partial charge is 0.289 e. The Labute approximate surface area is 116 Å². The monoisotopic (exact) mass is 272 g/mol. The van der Waals surface area contributed by atoms with Gasteiger partial charge >= 0.3 is 0 Å². The standard InChI is InChI=1S/C15H16N2O3/c1-10-2-3-12-11(8-10)9-13(20-12)15(19)17-6-4-14(18)16-5-7-17/h2-3,8-9H,4-7H2,1H3,(H,16,18). The van der Waals surface area contributed by atoms with Gasteiger partial charge < -0.3 is 14.6 Å². The molecule has 0 atom stereocenters. The first-order valence-corrected chi connectivity index (χ1v) is 6.70. The van der Waals surface area contributed by atoms with Gasteiger partial charge in [-0.3, -0.25) is 9.59 Å². The largest absolute Gasteiger partial charge is 0.451 e. The van der Waals surface area contributed by atoms with E-state index in [2.05, 4.69) is 5.32 Å². The van der Waals surface area contributed by atoms with Gasteiger partial charge in [0.25, 0.3) is 5.91 Å². The topological polar surface area (TPSA) is 62.6 Å². The van der Waals surface area contributed by atoms with Crippen LogP contribution in [0.3, 0.4) is 0 Å². The van der Waals surface area contributed by atoms with Crippen LogP contribution in [-0.4, -0.2) is 36.3 Å². The van der Waals surface area contributed by atoms with E-state index in [1.165, 1.54) is 0 Å². The zero-order valence-electron chi connectivity index (χ0n) is 11.3. The summed E-state index contributed by atoms with van der Waals surface area (Å²) in [5.41, 5.74) is 1.84. The lowest BCUT2D eigenvalue weighted by molar-refractivity contribution is -0.120. The average molecular weight is 272 g/mol. The summed E-state index contributed by atoms with van der Waals surface area (Å²) in [7, 11) is 0. The van der Waals surface area contributed by atoms with Crippen molar-refractivity contribution in [3.05, 3.63) is 35.6 Å². The molecule has 0 unspecified atom stereocenters. The van der Waals surface area contributed by atoms with Crippen molar-refractivity contribution in [1.29, 1.82) is 0 Å². The molecule has 1 fully saturated rings. The number of carbonyl (C=O) groups excluding carboxylic acids is 2. The molecule has 20 heavy (non-hydrogen) atoms. The van der Waals surface area contributed by atoms with Crippen molar-refractivity contribution in [3.63, 3.8) is 0 Å². The van der Waals surface area contributed by atoms with Gasteiger partial charge in [-0.05, 0) is 25.1 Å². The summed E-state index contributed by atoms with van der Waals surface area (Å²) in [6.45, 7) is 3.44. The Kier molecular flexibility index (Phi) is 3.18.